The molecule has 0 spiro atoms. The molecule has 6 rings (SSSR count). The van der Waals surface area contributed by atoms with E-state index in [1.165, 1.54) is 12.8 Å². The van der Waals surface area contributed by atoms with Gasteiger partial charge < -0.3 is 9.30 Å². The molecule has 2 aromatic carbocycles. The van der Waals surface area contributed by atoms with Gasteiger partial charge in [-0.1, -0.05) is 24.3 Å². The average molecular weight is 484 g/mol. The molecule has 2 saturated heterocycles. The van der Waals surface area contributed by atoms with Gasteiger partial charge >= 0.3 is 5.91 Å². The largest absolute Gasteiger partial charge is 0.357 e. The van der Waals surface area contributed by atoms with Crippen LogP contribution in [-0.2, 0) is 4.74 Å². The predicted octanol–water partition coefficient (Wildman–Crippen LogP) is 6.35. The first-order valence-electron chi connectivity index (χ1n) is 13.4. The first kappa shape index (κ1) is 23.2. The molecule has 4 heterocycles. The van der Waals surface area contributed by atoms with Gasteiger partial charge in [0.05, 0.1) is 37.4 Å². The van der Waals surface area contributed by atoms with E-state index in [9.17, 15) is 4.79 Å². The van der Waals surface area contributed by atoms with Crippen LogP contribution in [0.1, 0.15) is 61.5 Å². The number of amides is 1. The third-order valence-corrected chi connectivity index (χ3v) is 8.03. The number of ether oxygens (including phenoxy) is 1. The normalized spacial score (nSPS) is 20.3. The van der Waals surface area contributed by atoms with E-state index in [-0.39, 0.29) is 12.1 Å². The van der Waals surface area contributed by atoms with Gasteiger partial charge in [0.25, 0.3) is 0 Å². The van der Waals surface area contributed by atoms with Crippen LogP contribution in [-0.4, -0.2) is 51.5 Å². The van der Waals surface area contributed by atoms with Gasteiger partial charge in [-0.25, -0.2) is 9.48 Å². The summed E-state index contributed by atoms with van der Waals surface area (Å²) in [6.07, 6.45) is 13.8. The molecular weight excluding hydrogens is 448 g/mol. The molecule has 1 amide bonds. The summed E-state index contributed by atoms with van der Waals surface area (Å²) in [6.45, 7) is 2.56. The van der Waals surface area contributed by atoms with Crippen LogP contribution in [0.25, 0.3) is 27.7 Å². The molecule has 0 bridgehead atoms. The number of hydrogen-bond donors (Lipinski definition) is 0. The van der Waals surface area contributed by atoms with Crippen LogP contribution in [0.3, 0.4) is 0 Å². The third kappa shape index (κ3) is 4.18. The van der Waals surface area contributed by atoms with Crippen LogP contribution < -0.4 is 0 Å². The number of hydrogen-bond acceptors (Lipinski definition) is 3. The quantitative estimate of drug-likeness (QED) is 0.318. The van der Waals surface area contributed by atoms with Crippen LogP contribution in [0.4, 0.5) is 0 Å². The van der Waals surface area contributed by atoms with Crippen LogP contribution >= 0.6 is 0 Å². The van der Waals surface area contributed by atoms with Gasteiger partial charge in [-0.05, 0) is 69.2 Å². The van der Waals surface area contributed by atoms with E-state index >= 15 is 0 Å². The van der Waals surface area contributed by atoms with Gasteiger partial charge in [-0.2, -0.15) is 5.10 Å². The van der Waals surface area contributed by atoms with Crippen LogP contribution in [0, 0.1) is 0 Å². The van der Waals surface area contributed by atoms with E-state index in [0.717, 1.165) is 85.1 Å². The van der Waals surface area contributed by atoms with Crippen LogP contribution in [0.2, 0.25) is 0 Å². The van der Waals surface area contributed by atoms with Crippen molar-refractivity contribution in [2.45, 2.75) is 51.2 Å². The number of fused-ring (bicyclic) bond motifs is 1. The average Bonchev–Trinajstić information content (AvgIpc) is 3.53. The van der Waals surface area contributed by atoms with Crippen molar-refractivity contribution in [2.24, 2.45) is 0 Å². The van der Waals surface area contributed by atoms with Crippen molar-refractivity contribution < 1.29 is 14.0 Å². The molecule has 1 atom stereocenters. The summed E-state index contributed by atoms with van der Waals surface area (Å²) >= 11 is 0. The molecule has 6 nitrogen and oxygen atoms in total. The fourth-order valence-corrected chi connectivity index (χ4v) is 5.93. The van der Waals surface area contributed by atoms with Crippen molar-refractivity contribution >= 4 is 16.8 Å². The van der Waals surface area contributed by atoms with E-state index < -0.39 is 0 Å². The molecule has 2 aromatic heterocycles. The maximum Gasteiger partial charge on any atom is 0.347 e. The summed E-state index contributed by atoms with van der Waals surface area (Å²) in [6, 6.07) is 16.7. The molecule has 6 heteroatoms. The second-order valence-electron chi connectivity index (χ2n) is 10.5. The standard InChI is InChI=1S/C30H35N4O2/c1-34(18-8-2-3-9-19-34)30(35)29-25(23-21-31-33(22-23)28-13-7-10-20-36-28)14-15-27-26(29)16-17-32(27)24-11-5-4-6-12-24/h4-6,11-12,14-17,21-22,28H,2-3,7-10,13,18-20H2,1H3/q+1. The molecule has 2 aliphatic rings. The van der Waals surface area contributed by atoms with Crippen molar-refractivity contribution in [3.8, 4) is 16.8 Å². The number of benzene rings is 2. The number of carbonyl (C=O) groups is 1. The van der Waals surface area contributed by atoms with Gasteiger partial charge in [-0.3, -0.25) is 4.48 Å². The molecule has 186 valence electrons. The Labute approximate surface area is 212 Å². The zero-order valence-electron chi connectivity index (χ0n) is 21.1. The van der Waals surface area contributed by atoms with E-state index in [4.69, 9.17) is 4.74 Å². The first-order chi connectivity index (χ1) is 17.6. The zero-order chi connectivity index (χ0) is 24.5. The minimum atomic E-state index is -0.0234. The number of likely N-dealkylation sites (tertiary alicyclic amines) is 1. The molecule has 0 aliphatic carbocycles. The van der Waals surface area contributed by atoms with Crippen molar-refractivity contribution in [2.75, 3.05) is 26.7 Å². The summed E-state index contributed by atoms with van der Waals surface area (Å²) < 4.78 is 10.5. The molecule has 1 unspecified atom stereocenters. The van der Waals surface area contributed by atoms with Gasteiger partial charge in [-0.15, -0.1) is 0 Å². The Morgan fingerprint density at radius 3 is 2.53 bits per heavy atom. The van der Waals surface area contributed by atoms with Crippen LogP contribution in [0.15, 0.2) is 67.1 Å². The second kappa shape index (κ2) is 9.68. The first-order valence-corrected chi connectivity index (χ1v) is 13.4. The molecule has 2 aliphatic heterocycles. The number of rotatable bonds is 4. The predicted molar refractivity (Wildman–Crippen MR) is 142 cm³/mol. The molecule has 0 N–H and O–H groups in total. The van der Waals surface area contributed by atoms with Crippen molar-refractivity contribution in [1.82, 2.24) is 14.3 Å². The summed E-state index contributed by atoms with van der Waals surface area (Å²) in [5.74, 6) is 0.213. The van der Waals surface area contributed by atoms with Crippen LogP contribution in [0.5, 0.6) is 0 Å². The van der Waals surface area contributed by atoms with E-state index in [2.05, 4.69) is 59.4 Å². The number of nitrogens with zero attached hydrogens (tertiary/aromatic N) is 4. The van der Waals surface area contributed by atoms with Crippen molar-refractivity contribution in [3.63, 3.8) is 0 Å². The number of para-hydroxylation sites is 1. The maximum absolute atomic E-state index is 14.4. The van der Waals surface area contributed by atoms with Crippen molar-refractivity contribution in [3.05, 3.63) is 72.7 Å². The van der Waals surface area contributed by atoms with E-state index in [0.29, 0.717) is 4.48 Å². The Bertz CT molecular complexity index is 1360. The number of carbonyl (C=O) groups excluding carboxylic acids is 1. The van der Waals surface area contributed by atoms with Gasteiger partial charge in [0.1, 0.15) is 6.23 Å². The lowest BCUT2D eigenvalue weighted by molar-refractivity contribution is -0.827. The minimum Gasteiger partial charge on any atom is -0.357 e. The molecule has 4 aromatic rings. The Balaban J connectivity index is 1.49. The Hall–Kier alpha value is -3.22. The second-order valence-corrected chi connectivity index (χ2v) is 10.5. The SMILES string of the molecule is C[N+]1(C(=O)c2c(-c3cnn(C4CCCCO4)c3)ccc3c2ccn3-c2ccccc2)CCCCCC1. The molecule has 36 heavy (non-hydrogen) atoms. The summed E-state index contributed by atoms with van der Waals surface area (Å²) in [5, 5.41) is 5.67. The highest BCUT2D eigenvalue weighted by molar-refractivity contribution is 6.09. The lowest BCUT2D eigenvalue weighted by Gasteiger charge is -2.31. The fourth-order valence-electron chi connectivity index (χ4n) is 5.93. The lowest BCUT2D eigenvalue weighted by atomic mass is 9.96. The molecule has 0 radical (unpaired) electrons. The maximum atomic E-state index is 14.4. The molecular formula is C30H35N4O2+. The third-order valence-electron chi connectivity index (χ3n) is 8.03. The highest BCUT2D eigenvalue weighted by Crippen LogP contribution is 2.36. The summed E-state index contributed by atoms with van der Waals surface area (Å²) in [4.78, 5) is 14.4. The van der Waals surface area contributed by atoms with Gasteiger partial charge in [0.2, 0.25) is 0 Å². The summed E-state index contributed by atoms with van der Waals surface area (Å²) in [7, 11) is 2.13. The summed E-state index contributed by atoms with van der Waals surface area (Å²) in [5.41, 5.74) is 4.90. The van der Waals surface area contributed by atoms with Gasteiger partial charge in [0, 0.05) is 41.2 Å². The van der Waals surface area contributed by atoms with Crippen molar-refractivity contribution in [1.29, 1.82) is 0 Å². The minimum absolute atomic E-state index is 0.0234. The van der Waals surface area contributed by atoms with E-state index in [1.54, 1.807) is 0 Å². The Morgan fingerprint density at radius 2 is 1.78 bits per heavy atom. The monoisotopic (exact) mass is 483 g/mol. The topological polar surface area (TPSA) is 49.1 Å². The molecule has 2 fully saturated rings. The highest BCUT2D eigenvalue weighted by Gasteiger charge is 2.37. The zero-order valence-corrected chi connectivity index (χ0v) is 21.1. The molecule has 0 saturated carbocycles. The number of aromatic nitrogens is 3. The van der Waals surface area contributed by atoms with Gasteiger partial charge in [0.15, 0.2) is 0 Å². The highest BCUT2D eigenvalue weighted by atomic mass is 16.5. The fraction of sp³-hybridized carbons (Fsp3) is 0.400. The number of quaternary nitrogens is 1. The van der Waals surface area contributed by atoms with E-state index in [1.807, 2.05) is 29.1 Å². The smallest absolute Gasteiger partial charge is 0.347 e. The Morgan fingerprint density at radius 1 is 0.972 bits per heavy atom. The Kier molecular flexibility index (Phi) is 6.23. The lowest BCUT2D eigenvalue weighted by Crippen LogP contribution is -2.50.